The average Bonchev–Trinajstić information content (AvgIpc) is 2.72. The summed E-state index contributed by atoms with van der Waals surface area (Å²) in [5.41, 5.74) is 0. The normalized spacial score (nSPS) is 10.9. The van der Waals surface area contributed by atoms with Gasteiger partial charge in [-0.25, -0.2) is 0 Å². The molecule has 0 aromatic carbocycles. The van der Waals surface area contributed by atoms with Crippen LogP contribution in [0.2, 0.25) is 0 Å². The lowest BCUT2D eigenvalue weighted by molar-refractivity contribution is 0.606. The third kappa shape index (κ3) is 5.56. The highest BCUT2D eigenvalue weighted by Crippen LogP contribution is 2.13. The Morgan fingerprint density at radius 3 is 2.44 bits per heavy atom. The van der Waals surface area contributed by atoms with Gasteiger partial charge in [-0.05, 0) is 13.5 Å². The van der Waals surface area contributed by atoms with Gasteiger partial charge in [-0.3, -0.25) is 0 Å². The number of hydrogen-bond acceptors (Lipinski definition) is 4. The van der Waals surface area contributed by atoms with Crippen LogP contribution in [0.1, 0.15) is 55.5 Å². The van der Waals surface area contributed by atoms with Crippen LogP contribution in [0.25, 0.3) is 0 Å². The second kappa shape index (κ2) is 8.65. The van der Waals surface area contributed by atoms with Crippen LogP contribution < -0.4 is 5.32 Å². The fourth-order valence-corrected chi connectivity index (χ4v) is 2.57. The lowest BCUT2D eigenvalue weighted by Gasteiger charge is -1.98. The predicted octanol–water partition coefficient (Wildman–Crippen LogP) is 3.16. The molecule has 0 saturated heterocycles. The van der Waals surface area contributed by atoms with Crippen molar-refractivity contribution in [2.45, 2.75) is 58.4 Å². The Labute approximate surface area is 103 Å². The van der Waals surface area contributed by atoms with E-state index in [2.05, 4.69) is 22.4 Å². The van der Waals surface area contributed by atoms with Crippen LogP contribution in [0.5, 0.6) is 0 Å². The minimum atomic E-state index is 0.841. The number of aryl methyl sites for hydroxylation is 1. The van der Waals surface area contributed by atoms with Crippen molar-refractivity contribution in [2.75, 3.05) is 7.05 Å². The summed E-state index contributed by atoms with van der Waals surface area (Å²) in [6.45, 7) is 3.10. The first kappa shape index (κ1) is 13.6. The largest absolute Gasteiger partial charge is 0.313 e. The third-order valence-corrected chi connectivity index (χ3v) is 3.56. The predicted molar refractivity (Wildman–Crippen MR) is 69.8 cm³/mol. The van der Waals surface area contributed by atoms with Gasteiger partial charge in [-0.1, -0.05) is 39.0 Å². The van der Waals surface area contributed by atoms with Gasteiger partial charge in [0, 0.05) is 13.0 Å². The first-order valence-corrected chi connectivity index (χ1v) is 7.14. The molecule has 1 rings (SSSR count). The van der Waals surface area contributed by atoms with Crippen molar-refractivity contribution in [3.05, 3.63) is 10.0 Å². The van der Waals surface area contributed by atoms with Crippen molar-refractivity contribution in [1.82, 2.24) is 15.5 Å². The topological polar surface area (TPSA) is 37.8 Å². The van der Waals surface area contributed by atoms with Crippen LogP contribution in [-0.2, 0) is 13.0 Å². The van der Waals surface area contributed by atoms with E-state index in [1.165, 1.54) is 43.5 Å². The number of rotatable bonds is 9. The monoisotopic (exact) mass is 241 g/mol. The van der Waals surface area contributed by atoms with Crippen LogP contribution in [0.3, 0.4) is 0 Å². The zero-order valence-corrected chi connectivity index (χ0v) is 11.3. The van der Waals surface area contributed by atoms with E-state index in [0.29, 0.717) is 0 Å². The molecular weight excluding hydrogens is 218 g/mol. The minimum Gasteiger partial charge on any atom is -0.313 e. The Bertz CT molecular complexity index is 273. The summed E-state index contributed by atoms with van der Waals surface area (Å²) >= 11 is 1.74. The molecule has 0 amide bonds. The van der Waals surface area contributed by atoms with E-state index in [-0.39, 0.29) is 0 Å². The van der Waals surface area contributed by atoms with Gasteiger partial charge in [0.1, 0.15) is 10.0 Å². The van der Waals surface area contributed by atoms with Crippen LogP contribution >= 0.6 is 11.3 Å². The van der Waals surface area contributed by atoms with Gasteiger partial charge in [-0.15, -0.1) is 21.5 Å². The molecule has 0 radical (unpaired) electrons. The minimum absolute atomic E-state index is 0.841. The van der Waals surface area contributed by atoms with Crippen LogP contribution in [0.4, 0.5) is 0 Å². The molecule has 92 valence electrons. The highest BCUT2D eigenvalue weighted by Gasteiger charge is 2.02. The Morgan fingerprint density at radius 1 is 1.00 bits per heavy atom. The summed E-state index contributed by atoms with van der Waals surface area (Å²) in [6.07, 6.45) is 9.16. The van der Waals surface area contributed by atoms with E-state index in [4.69, 9.17) is 0 Å². The van der Waals surface area contributed by atoms with Crippen molar-refractivity contribution >= 4 is 11.3 Å². The molecule has 1 aromatic rings. The molecule has 0 spiro atoms. The van der Waals surface area contributed by atoms with Crippen molar-refractivity contribution < 1.29 is 0 Å². The summed E-state index contributed by atoms with van der Waals surface area (Å²) in [6, 6.07) is 0. The van der Waals surface area contributed by atoms with Gasteiger partial charge in [0.05, 0.1) is 0 Å². The lowest BCUT2D eigenvalue weighted by atomic mass is 10.1. The molecule has 4 heteroatoms. The Hall–Kier alpha value is -0.480. The molecule has 0 aliphatic heterocycles. The quantitative estimate of drug-likeness (QED) is 0.675. The van der Waals surface area contributed by atoms with Crippen LogP contribution in [0, 0.1) is 0 Å². The highest BCUT2D eigenvalue weighted by molar-refractivity contribution is 7.11. The zero-order chi connectivity index (χ0) is 11.6. The lowest BCUT2D eigenvalue weighted by Crippen LogP contribution is -2.04. The van der Waals surface area contributed by atoms with Gasteiger partial charge >= 0.3 is 0 Å². The molecule has 0 aliphatic rings. The maximum absolute atomic E-state index is 4.20. The van der Waals surface area contributed by atoms with E-state index >= 15 is 0 Å². The molecule has 0 aliphatic carbocycles. The second-order valence-corrected chi connectivity index (χ2v) is 5.28. The molecule has 16 heavy (non-hydrogen) atoms. The van der Waals surface area contributed by atoms with E-state index in [1.807, 2.05) is 7.05 Å². The molecule has 1 aromatic heterocycles. The number of nitrogens with one attached hydrogen (secondary N) is 1. The van der Waals surface area contributed by atoms with Gasteiger partial charge in [0.15, 0.2) is 0 Å². The molecule has 0 saturated carbocycles. The van der Waals surface area contributed by atoms with E-state index in [1.54, 1.807) is 11.3 Å². The summed E-state index contributed by atoms with van der Waals surface area (Å²) in [4.78, 5) is 0. The standard InChI is InChI=1S/C12H23N3S/c1-3-4-5-6-7-8-9-11-14-15-12(16-11)10-13-2/h13H,3-10H2,1-2H3. The highest BCUT2D eigenvalue weighted by atomic mass is 32.1. The van der Waals surface area contributed by atoms with E-state index < -0.39 is 0 Å². The fraction of sp³-hybridized carbons (Fsp3) is 0.833. The van der Waals surface area contributed by atoms with Gasteiger partial charge < -0.3 is 5.32 Å². The van der Waals surface area contributed by atoms with Gasteiger partial charge in [0.25, 0.3) is 0 Å². The molecular formula is C12H23N3S. The first-order chi connectivity index (χ1) is 7.86. The second-order valence-electron chi connectivity index (χ2n) is 4.14. The number of aromatic nitrogens is 2. The molecule has 1 N–H and O–H groups in total. The summed E-state index contributed by atoms with van der Waals surface area (Å²) in [5, 5.41) is 13.7. The molecule has 0 atom stereocenters. The van der Waals surface area contributed by atoms with Gasteiger partial charge in [-0.2, -0.15) is 0 Å². The Balaban J connectivity index is 2.07. The average molecular weight is 241 g/mol. The maximum Gasteiger partial charge on any atom is 0.131 e. The van der Waals surface area contributed by atoms with Crippen molar-refractivity contribution in [3.8, 4) is 0 Å². The number of nitrogens with zero attached hydrogens (tertiary/aromatic N) is 2. The fourth-order valence-electron chi connectivity index (χ4n) is 1.67. The van der Waals surface area contributed by atoms with Crippen molar-refractivity contribution in [1.29, 1.82) is 0 Å². The van der Waals surface area contributed by atoms with Crippen molar-refractivity contribution in [2.24, 2.45) is 0 Å². The third-order valence-electron chi connectivity index (χ3n) is 2.58. The first-order valence-electron chi connectivity index (χ1n) is 6.32. The maximum atomic E-state index is 4.20. The summed E-state index contributed by atoms with van der Waals surface area (Å²) in [7, 11) is 1.94. The van der Waals surface area contributed by atoms with Crippen LogP contribution in [0.15, 0.2) is 0 Å². The molecule has 1 heterocycles. The molecule has 0 unspecified atom stereocenters. The van der Waals surface area contributed by atoms with E-state index in [9.17, 15) is 0 Å². The molecule has 0 bridgehead atoms. The molecule has 3 nitrogen and oxygen atoms in total. The van der Waals surface area contributed by atoms with Crippen LogP contribution in [-0.4, -0.2) is 17.2 Å². The van der Waals surface area contributed by atoms with Gasteiger partial charge in [0.2, 0.25) is 0 Å². The van der Waals surface area contributed by atoms with E-state index in [0.717, 1.165) is 18.0 Å². The summed E-state index contributed by atoms with van der Waals surface area (Å²) < 4.78 is 0. The smallest absolute Gasteiger partial charge is 0.131 e. The number of unbranched alkanes of at least 4 members (excludes halogenated alkanes) is 5. The Kier molecular flexibility index (Phi) is 7.34. The van der Waals surface area contributed by atoms with Crippen molar-refractivity contribution in [3.63, 3.8) is 0 Å². The Morgan fingerprint density at radius 2 is 1.69 bits per heavy atom. The zero-order valence-electron chi connectivity index (χ0n) is 10.5. The SMILES string of the molecule is CCCCCCCCc1nnc(CNC)s1. The number of hydrogen-bond donors (Lipinski definition) is 1. The summed E-state index contributed by atoms with van der Waals surface area (Å²) in [5.74, 6) is 0. The molecule has 0 fully saturated rings.